The molecule has 0 aliphatic rings. The molecular formula is C25H44N2O. The van der Waals surface area contributed by atoms with Gasteiger partial charge in [-0.2, -0.15) is 0 Å². The Hall–Kier alpha value is -1.45. The quantitative estimate of drug-likeness (QED) is 0.233. The summed E-state index contributed by atoms with van der Waals surface area (Å²) >= 11 is 0. The van der Waals surface area contributed by atoms with Crippen LogP contribution in [0.1, 0.15) is 116 Å². The fraction of sp³-hybridized carbons (Fsp3) is 0.800. The zero-order chi connectivity index (χ0) is 20.5. The van der Waals surface area contributed by atoms with Crippen LogP contribution in [0.4, 0.5) is 0 Å². The van der Waals surface area contributed by atoms with Crippen molar-refractivity contribution in [1.82, 2.24) is 5.32 Å². The predicted octanol–water partition coefficient (Wildman–Crippen LogP) is 5.72. The van der Waals surface area contributed by atoms with Gasteiger partial charge in [-0.15, -0.1) is 0 Å². The lowest BCUT2D eigenvalue weighted by Gasteiger charge is -2.02. The molecule has 0 saturated carbocycles. The fourth-order valence-corrected chi connectivity index (χ4v) is 3.08. The van der Waals surface area contributed by atoms with E-state index in [0.29, 0.717) is 19.5 Å². The van der Waals surface area contributed by atoms with Gasteiger partial charge >= 0.3 is 0 Å². The van der Waals surface area contributed by atoms with Gasteiger partial charge in [0.2, 0.25) is 5.91 Å². The molecule has 0 aliphatic heterocycles. The van der Waals surface area contributed by atoms with Crippen molar-refractivity contribution in [2.45, 2.75) is 116 Å². The van der Waals surface area contributed by atoms with Crippen LogP contribution < -0.4 is 11.1 Å². The van der Waals surface area contributed by atoms with E-state index in [0.717, 1.165) is 19.3 Å². The first-order valence-electron chi connectivity index (χ1n) is 11.7. The monoisotopic (exact) mass is 388 g/mol. The van der Waals surface area contributed by atoms with E-state index >= 15 is 0 Å². The Bertz CT molecular complexity index is 464. The SMILES string of the molecule is CCCCCCCCCCCCCCCC#CC#CCCCC(=O)NCCN. The van der Waals surface area contributed by atoms with Crippen LogP contribution in [-0.2, 0) is 4.79 Å². The fourth-order valence-electron chi connectivity index (χ4n) is 3.08. The first kappa shape index (κ1) is 26.6. The van der Waals surface area contributed by atoms with Gasteiger partial charge in [-0.25, -0.2) is 0 Å². The number of nitrogens with one attached hydrogen (secondary N) is 1. The molecule has 3 heteroatoms. The van der Waals surface area contributed by atoms with Gasteiger partial charge in [-0.05, 0) is 24.7 Å². The second-order valence-corrected chi connectivity index (χ2v) is 7.59. The molecule has 3 N–H and O–H groups in total. The topological polar surface area (TPSA) is 55.1 Å². The Labute approximate surface area is 175 Å². The first-order valence-corrected chi connectivity index (χ1v) is 11.7. The standard InChI is InChI=1S/C25H44N2O/c1-2-3-4-5-6-7-8-9-10-11-12-13-14-15-16-17-18-19-20-21-22-25(28)27-24-23-26/h2-15,20-24,26H2,1H3,(H,27,28). The van der Waals surface area contributed by atoms with Gasteiger partial charge in [-0.3, -0.25) is 4.79 Å². The molecule has 0 heterocycles. The summed E-state index contributed by atoms with van der Waals surface area (Å²) in [6, 6.07) is 0. The lowest BCUT2D eigenvalue weighted by atomic mass is 10.0. The van der Waals surface area contributed by atoms with Crippen molar-refractivity contribution < 1.29 is 4.79 Å². The number of rotatable bonds is 18. The normalized spacial score (nSPS) is 9.93. The van der Waals surface area contributed by atoms with Crippen LogP contribution in [0, 0.1) is 23.7 Å². The number of nitrogens with two attached hydrogens (primary N) is 1. The van der Waals surface area contributed by atoms with Crippen molar-refractivity contribution in [3.05, 3.63) is 0 Å². The summed E-state index contributed by atoms with van der Waals surface area (Å²) in [5.41, 5.74) is 5.33. The number of hydrogen-bond donors (Lipinski definition) is 2. The number of carbonyl (C=O) groups excluding carboxylic acids is 1. The molecule has 0 aliphatic carbocycles. The smallest absolute Gasteiger partial charge is 0.220 e. The van der Waals surface area contributed by atoms with Gasteiger partial charge in [0.05, 0.1) is 0 Å². The summed E-state index contributed by atoms with van der Waals surface area (Å²) in [7, 11) is 0. The van der Waals surface area contributed by atoms with Crippen molar-refractivity contribution in [2.75, 3.05) is 13.1 Å². The Kier molecular flexibility index (Phi) is 22.4. The van der Waals surface area contributed by atoms with Gasteiger partial charge in [-0.1, -0.05) is 95.8 Å². The molecule has 0 fully saturated rings. The lowest BCUT2D eigenvalue weighted by molar-refractivity contribution is -0.121. The molecule has 28 heavy (non-hydrogen) atoms. The van der Waals surface area contributed by atoms with E-state index in [1.54, 1.807) is 0 Å². The lowest BCUT2D eigenvalue weighted by Crippen LogP contribution is -2.28. The summed E-state index contributed by atoms with van der Waals surface area (Å²) in [6.07, 6.45) is 20.9. The van der Waals surface area contributed by atoms with Crippen LogP contribution in [0.3, 0.4) is 0 Å². The molecule has 0 aromatic carbocycles. The maximum Gasteiger partial charge on any atom is 0.220 e. The molecule has 0 aromatic rings. The summed E-state index contributed by atoms with van der Waals surface area (Å²) < 4.78 is 0. The predicted molar refractivity (Wildman–Crippen MR) is 122 cm³/mol. The highest BCUT2D eigenvalue weighted by molar-refractivity contribution is 5.75. The minimum atomic E-state index is 0.0562. The molecule has 0 radical (unpaired) electrons. The third-order valence-electron chi connectivity index (χ3n) is 4.82. The molecule has 0 atom stereocenters. The van der Waals surface area contributed by atoms with Gasteiger partial charge < -0.3 is 11.1 Å². The first-order chi connectivity index (χ1) is 13.8. The van der Waals surface area contributed by atoms with Crippen molar-refractivity contribution in [3.63, 3.8) is 0 Å². The van der Waals surface area contributed by atoms with Gasteiger partial charge in [0, 0.05) is 32.4 Å². The highest BCUT2D eigenvalue weighted by Crippen LogP contribution is 2.12. The maximum absolute atomic E-state index is 11.4. The molecule has 1 amide bonds. The largest absolute Gasteiger partial charge is 0.355 e. The van der Waals surface area contributed by atoms with Crippen LogP contribution in [0.25, 0.3) is 0 Å². The minimum Gasteiger partial charge on any atom is -0.355 e. The van der Waals surface area contributed by atoms with E-state index in [-0.39, 0.29) is 5.91 Å². The Balaban J connectivity index is 3.28. The number of amides is 1. The molecule has 0 saturated heterocycles. The number of unbranched alkanes of at least 4 members (excludes halogenated alkanes) is 14. The van der Waals surface area contributed by atoms with Crippen LogP contribution in [0.2, 0.25) is 0 Å². The maximum atomic E-state index is 11.4. The Morgan fingerprint density at radius 2 is 1.18 bits per heavy atom. The zero-order valence-corrected chi connectivity index (χ0v) is 18.4. The summed E-state index contributed by atoms with van der Waals surface area (Å²) in [5, 5.41) is 2.75. The Morgan fingerprint density at radius 1 is 0.714 bits per heavy atom. The third kappa shape index (κ3) is 22.6. The van der Waals surface area contributed by atoms with Crippen LogP contribution >= 0.6 is 0 Å². The molecule has 0 unspecified atom stereocenters. The van der Waals surface area contributed by atoms with Gasteiger partial charge in [0.15, 0.2) is 0 Å². The molecule has 0 rings (SSSR count). The highest BCUT2D eigenvalue weighted by Gasteiger charge is 1.97. The second-order valence-electron chi connectivity index (χ2n) is 7.59. The van der Waals surface area contributed by atoms with E-state index < -0.39 is 0 Å². The number of hydrogen-bond acceptors (Lipinski definition) is 2. The molecule has 0 aromatic heterocycles. The zero-order valence-electron chi connectivity index (χ0n) is 18.4. The summed E-state index contributed by atoms with van der Waals surface area (Å²) in [6.45, 7) is 3.31. The third-order valence-corrected chi connectivity index (χ3v) is 4.82. The molecule has 0 bridgehead atoms. The van der Waals surface area contributed by atoms with Crippen LogP contribution in [0.5, 0.6) is 0 Å². The van der Waals surface area contributed by atoms with Crippen LogP contribution in [-0.4, -0.2) is 19.0 Å². The van der Waals surface area contributed by atoms with Crippen molar-refractivity contribution in [2.24, 2.45) is 5.73 Å². The average molecular weight is 389 g/mol. The van der Waals surface area contributed by atoms with E-state index in [2.05, 4.69) is 35.9 Å². The summed E-state index contributed by atoms with van der Waals surface area (Å²) in [5.74, 6) is 12.0. The minimum absolute atomic E-state index is 0.0562. The van der Waals surface area contributed by atoms with E-state index in [1.165, 1.54) is 83.5 Å². The van der Waals surface area contributed by atoms with Gasteiger partial charge in [0.1, 0.15) is 0 Å². The summed E-state index contributed by atoms with van der Waals surface area (Å²) in [4.78, 5) is 11.4. The van der Waals surface area contributed by atoms with Crippen LogP contribution in [0.15, 0.2) is 0 Å². The van der Waals surface area contributed by atoms with Crippen molar-refractivity contribution in [3.8, 4) is 23.7 Å². The van der Waals surface area contributed by atoms with Gasteiger partial charge in [0.25, 0.3) is 0 Å². The van der Waals surface area contributed by atoms with Crippen molar-refractivity contribution >= 4 is 5.91 Å². The average Bonchev–Trinajstić information content (AvgIpc) is 2.70. The molecule has 0 spiro atoms. The second kappa shape index (κ2) is 23.6. The molecule has 160 valence electrons. The van der Waals surface area contributed by atoms with Crippen molar-refractivity contribution in [1.29, 1.82) is 0 Å². The van der Waals surface area contributed by atoms with E-state index in [4.69, 9.17) is 5.73 Å². The van der Waals surface area contributed by atoms with E-state index in [1.807, 2.05) is 0 Å². The Morgan fingerprint density at radius 3 is 1.68 bits per heavy atom. The molecule has 3 nitrogen and oxygen atoms in total. The number of carbonyl (C=O) groups is 1. The van der Waals surface area contributed by atoms with E-state index in [9.17, 15) is 4.79 Å². The highest BCUT2D eigenvalue weighted by atomic mass is 16.1. The molecular weight excluding hydrogens is 344 g/mol.